The molecule has 0 radical (unpaired) electrons. The fourth-order valence-electron chi connectivity index (χ4n) is 1.77. The molecule has 0 aromatic heterocycles. The first-order valence-corrected chi connectivity index (χ1v) is 6.29. The number of amides is 2. The van der Waals surface area contributed by atoms with Crippen LogP contribution in [0.5, 0.6) is 0 Å². The van der Waals surface area contributed by atoms with Crippen molar-refractivity contribution in [1.82, 2.24) is 15.5 Å². The SMILES string of the molecule is CC(C)CCNC(=O)CN1CCNC(C)C1=O. The van der Waals surface area contributed by atoms with E-state index in [4.69, 9.17) is 0 Å². The molecule has 0 spiro atoms. The highest BCUT2D eigenvalue weighted by Crippen LogP contribution is 2.00. The Bertz CT molecular complexity index is 279. The topological polar surface area (TPSA) is 61.4 Å². The number of nitrogens with one attached hydrogen (secondary N) is 2. The summed E-state index contributed by atoms with van der Waals surface area (Å²) in [7, 11) is 0. The van der Waals surface area contributed by atoms with Gasteiger partial charge in [0.05, 0.1) is 12.6 Å². The molecule has 1 heterocycles. The maximum atomic E-state index is 11.7. The van der Waals surface area contributed by atoms with Gasteiger partial charge >= 0.3 is 0 Å². The zero-order chi connectivity index (χ0) is 12.8. The molecular weight excluding hydrogens is 218 g/mol. The Hall–Kier alpha value is -1.10. The third-order valence-corrected chi connectivity index (χ3v) is 2.89. The van der Waals surface area contributed by atoms with E-state index in [1.165, 1.54) is 0 Å². The van der Waals surface area contributed by atoms with Gasteiger partial charge in [-0.2, -0.15) is 0 Å². The van der Waals surface area contributed by atoms with Crippen LogP contribution in [-0.2, 0) is 9.59 Å². The number of hydrogen-bond acceptors (Lipinski definition) is 3. The van der Waals surface area contributed by atoms with Crippen LogP contribution < -0.4 is 10.6 Å². The van der Waals surface area contributed by atoms with Gasteiger partial charge < -0.3 is 15.5 Å². The first kappa shape index (κ1) is 14.0. The second kappa shape index (κ2) is 6.59. The maximum absolute atomic E-state index is 11.7. The molecular formula is C12H23N3O2. The molecule has 1 fully saturated rings. The predicted octanol–water partition coefficient (Wildman–Crippen LogP) is -0.0310. The second-order valence-corrected chi connectivity index (χ2v) is 4.97. The van der Waals surface area contributed by atoms with Crippen LogP contribution in [0, 0.1) is 5.92 Å². The van der Waals surface area contributed by atoms with E-state index in [2.05, 4.69) is 24.5 Å². The number of carbonyl (C=O) groups excluding carboxylic acids is 2. The molecule has 0 saturated carbocycles. The van der Waals surface area contributed by atoms with Gasteiger partial charge in [0, 0.05) is 19.6 Å². The lowest BCUT2D eigenvalue weighted by Crippen LogP contribution is -2.55. The third kappa shape index (κ3) is 4.73. The third-order valence-electron chi connectivity index (χ3n) is 2.89. The van der Waals surface area contributed by atoms with Gasteiger partial charge in [-0.3, -0.25) is 9.59 Å². The highest BCUT2D eigenvalue weighted by molar-refractivity contribution is 5.87. The van der Waals surface area contributed by atoms with Crippen LogP contribution in [0.3, 0.4) is 0 Å². The maximum Gasteiger partial charge on any atom is 0.239 e. The summed E-state index contributed by atoms with van der Waals surface area (Å²) in [5, 5.41) is 5.91. The normalized spacial score (nSPS) is 20.8. The molecule has 2 N–H and O–H groups in total. The molecule has 5 nitrogen and oxygen atoms in total. The van der Waals surface area contributed by atoms with Gasteiger partial charge in [-0.15, -0.1) is 0 Å². The van der Waals surface area contributed by atoms with Crippen molar-refractivity contribution in [2.24, 2.45) is 5.92 Å². The van der Waals surface area contributed by atoms with Gasteiger partial charge in [-0.1, -0.05) is 13.8 Å². The number of piperazine rings is 1. The van der Waals surface area contributed by atoms with Crippen LogP contribution in [-0.4, -0.2) is 48.9 Å². The van der Waals surface area contributed by atoms with Crippen LogP contribution in [0.25, 0.3) is 0 Å². The molecule has 1 atom stereocenters. The van der Waals surface area contributed by atoms with Gasteiger partial charge in [0.15, 0.2) is 0 Å². The van der Waals surface area contributed by atoms with E-state index >= 15 is 0 Å². The zero-order valence-corrected chi connectivity index (χ0v) is 11.0. The lowest BCUT2D eigenvalue weighted by molar-refractivity contribution is -0.139. The van der Waals surface area contributed by atoms with Crippen molar-refractivity contribution in [3.05, 3.63) is 0 Å². The van der Waals surface area contributed by atoms with Crippen molar-refractivity contribution in [2.75, 3.05) is 26.2 Å². The molecule has 0 bridgehead atoms. The molecule has 0 aliphatic carbocycles. The van der Waals surface area contributed by atoms with Gasteiger partial charge in [0.1, 0.15) is 0 Å². The first-order chi connectivity index (χ1) is 8.00. The second-order valence-electron chi connectivity index (χ2n) is 4.97. The smallest absolute Gasteiger partial charge is 0.239 e. The van der Waals surface area contributed by atoms with E-state index in [1.807, 2.05) is 6.92 Å². The number of rotatable bonds is 5. The fraction of sp³-hybridized carbons (Fsp3) is 0.833. The van der Waals surface area contributed by atoms with Crippen molar-refractivity contribution >= 4 is 11.8 Å². The van der Waals surface area contributed by atoms with Crippen LogP contribution in [0.15, 0.2) is 0 Å². The van der Waals surface area contributed by atoms with E-state index in [0.29, 0.717) is 19.0 Å². The van der Waals surface area contributed by atoms with Gasteiger partial charge in [-0.05, 0) is 19.3 Å². The van der Waals surface area contributed by atoms with Gasteiger partial charge in [0.25, 0.3) is 0 Å². The van der Waals surface area contributed by atoms with E-state index in [9.17, 15) is 9.59 Å². The van der Waals surface area contributed by atoms with E-state index in [-0.39, 0.29) is 24.4 Å². The summed E-state index contributed by atoms with van der Waals surface area (Å²) < 4.78 is 0. The van der Waals surface area contributed by atoms with Crippen molar-refractivity contribution in [3.63, 3.8) is 0 Å². The van der Waals surface area contributed by atoms with Gasteiger partial charge in [-0.25, -0.2) is 0 Å². The summed E-state index contributed by atoms with van der Waals surface area (Å²) in [6.45, 7) is 8.30. The Morgan fingerprint density at radius 1 is 1.59 bits per heavy atom. The molecule has 0 aromatic rings. The Morgan fingerprint density at radius 2 is 2.29 bits per heavy atom. The number of nitrogens with zero attached hydrogens (tertiary/aromatic N) is 1. The lowest BCUT2D eigenvalue weighted by atomic mass is 10.1. The van der Waals surface area contributed by atoms with E-state index < -0.39 is 0 Å². The van der Waals surface area contributed by atoms with E-state index in [1.54, 1.807) is 4.90 Å². The Morgan fingerprint density at radius 3 is 2.94 bits per heavy atom. The van der Waals surface area contributed by atoms with Crippen LogP contribution in [0.1, 0.15) is 27.2 Å². The Labute approximate surface area is 103 Å². The minimum absolute atomic E-state index is 0.00950. The number of carbonyl (C=O) groups is 2. The first-order valence-electron chi connectivity index (χ1n) is 6.29. The Balaban J connectivity index is 2.28. The summed E-state index contributed by atoms with van der Waals surface area (Å²) >= 11 is 0. The average molecular weight is 241 g/mol. The van der Waals surface area contributed by atoms with Gasteiger partial charge in [0.2, 0.25) is 11.8 Å². The average Bonchev–Trinajstić information content (AvgIpc) is 2.24. The highest BCUT2D eigenvalue weighted by atomic mass is 16.2. The molecule has 17 heavy (non-hydrogen) atoms. The summed E-state index contributed by atoms with van der Waals surface area (Å²) in [5.74, 6) is 0.527. The monoisotopic (exact) mass is 241 g/mol. The largest absolute Gasteiger partial charge is 0.355 e. The number of hydrogen-bond donors (Lipinski definition) is 2. The molecule has 0 aromatic carbocycles. The van der Waals surface area contributed by atoms with Crippen LogP contribution >= 0.6 is 0 Å². The quantitative estimate of drug-likeness (QED) is 0.710. The standard InChI is InChI=1S/C12H23N3O2/c1-9(2)4-5-14-11(16)8-15-7-6-13-10(3)12(15)17/h9-10,13H,4-8H2,1-3H3,(H,14,16). The summed E-state index contributed by atoms with van der Waals surface area (Å²) in [6.07, 6.45) is 0.970. The van der Waals surface area contributed by atoms with E-state index in [0.717, 1.165) is 13.0 Å². The predicted molar refractivity (Wildman–Crippen MR) is 66.5 cm³/mol. The summed E-state index contributed by atoms with van der Waals surface area (Å²) in [4.78, 5) is 25.0. The fourth-order valence-corrected chi connectivity index (χ4v) is 1.77. The van der Waals surface area contributed by atoms with Crippen molar-refractivity contribution < 1.29 is 9.59 Å². The molecule has 1 rings (SSSR count). The molecule has 1 unspecified atom stereocenters. The molecule has 98 valence electrons. The van der Waals surface area contributed by atoms with Crippen LogP contribution in [0.2, 0.25) is 0 Å². The molecule has 1 aliphatic heterocycles. The highest BCUT2D eigenvalue weighted by Gasteiger charge is 2.25. The van der Waals surface area contributed by atoms with Crippen molar-refractivity contribution in [2.45, 2.75) is 33.2 Å². The molecule has 1 aliphatic rings. The molecule has 1 saturated heterocycles. The molecule has 2 amide bonds. The molecule has 5 heteroatoms. The zero-order valence-electron chi connectivity index (χ0n) is 11.0. The van der Waals surface area contributed by atoms with Crippen LogP contribution in [0.4, 0.5) is 0 Å². The minimum Gasteiger partial charge on any atom is -0.355 e. The van der Waals surface area contributed by atoms with Crippen molar-refractivity contribution in [1.29, 1.82) is 0 Å². The summed E-state index contributed by atoms with van der Waals surface area (Å²) in [6, 6.07) is -0.174. The van der Waals surface area contributed by atoms with Crippen molar-refractivity contribution in [3.8, 4) is 0 Å². The minimum atomic E-state index is -0.174. The Kier molecular flexibility index (Phi) is 5.41. The lowest BCUT2D eigenvalue weighted by Gasteiger charge is -2.30. The summed E-state index contributed by atoms with van der Waals surface area (Å²) in [5.41, 5.74) is 0.